The average molecular weight is 619 g/mol. The molecule has 7 rings (SSSR count). The number of aryl methyl sites for hydroxylation is 1. The van der Waals surface area contributed by atoms with Gasteiger partial charge in [-0.3, -0.25) is 14.7 Å². The van der Waals surface area contributed by atoms with Crippen LogP contribution in [0.1, 0.15) is 40.7 Å². The van der Waals surface area contributed by atoms with Crippen LogP contribution >= 0.6 is 0 Å². The number of aromatic nitrogens is 5. The molecule has 3 fully saturated rings. The van der Waals surface area contributed by atoms with Crippen LogP contribution in [0.4, 0.5) is 33.3 Å². The number of aliphatic hydroxyl groups is 1. The molecular weight excluding hydrogens is 591 g/mol. The molecule has 1 saturated carbocycles. The van der Waals surface area contributed by atoms with Gasteiger partial charge in [-0.2, -0.15) is 23.3 Å². The van der Waals surface area contributed by atoms with Crippen molar-refractivity contribution < 1.29 is 36.4 Å². The summed E-state index contributed by atoms with van der Waals surface area (Å²) in [5, 5.41) is 21.1. The van der Waals surface area contributed by atoms with Gasteiger partial charge in [-0.1, -0.05) is 5.16 Å². The van der Waals surface area contributed by atoms with Gasteiger partial charge in [0.25, 0.3) is 12.3 Å². The monoisotopic (exact) mass is 618 g/mol. The highest BCUT2D eigenvalue weighted by Crippen LogP contribution is 2.56. The Morgan fingerprint density at radius 3 is 2.66 bits per heavy atom. The van der Waals surface area contributed by atoms with Crippen molar-refractivity contribution >= 4 is 22.8 Å². The smallest absolute Gasteiger partial charge is 0.384 e. The number of anilines is 2. The second kappa shape index (κ2) is 9.92. The molecule has 4 aromatic heterocycles. The zero-order valence-electron chi connectivity index (χ0n) is 23.4. The van der Waals surface area contributed by atoms with Crippen molar-refractivity contribution in [2.75, 3.05) is 42.9 Å². The van der Waals surface area contributed by atoms with E-state index in [0.29, 0.717) is 41.1 Å². The van der Waals surface area contributed by atoms with E-state index in [1.807, 2.05) is 17.0 Å². The van der Waals surface area contributed by atoms with Crippen LogP contribution in [0.2, 0.25) is 0 Å². The minimum absolute atomic E-state index is 0.0650. The molecule has 11 nitrogen and oxygen atoms in total. The van der Waals surface area contributed by atoms with Crippen LogP contribution in [0.5, 0.6) is 0 Å². The predicted octanol–water partition coefficient (Wildman–Crippen LogP) is 3.90. The lowest BCUT2D eigenvalue weighted by Gasteiger charge is -2.62. The average Bonchev–Trinajstić information content (AvgIpc) is 3.55. The van der Waals surface area contributed by atoms with Crippen molar-refractivity contribution in [1.82, 2.24) is 29.6 Å². The van der Waals surface area contributed by atoms with E-state index in [9.17, 15) is 31.9 Å². The lowest BCUT2D eigenvalue weighted by molar-refractivity contribution is -0.209. The van der Waals surface area contributed by atoms with Crippen LogP contribution in [-0.4, -0.2) is 91.6 Å². The number of hydrogen-bond acceptors (Lipinski definition) is 9. The highest BCUT2D eigenvalue weighted by Gasteiger charge is 2.63. The molecule has 3 aliphatic rings. The highest BCUT2D eigenvalue weighted by molar-refractivity contribution is 6.09. The van der Waals surface area contributed by atoms with E-state index < -0.39 is 30.7 Å². The Morgan fingerprint density at radius 2 is 1.95 bits per heavy atom. The van der Waals surface area contributed by atoms with Crippen LogP contribution in [0.15, 0.2) is 41.3 Å². The third kappa shape index (κ3) is 5.04. The number of amides is 1. The number of carbonyl (C=O) groups is 1. The van der Waals surface area contributed by atoms with Crippen LogP contribution in [-0.2, 0) is 0 Å². The Balaban J connectivity index is 1.03. The van der Waals surface area contributed by atoms with Crippen molar-refractivity contribution in [2.45, 2.75) is 43.9 Å². The van der Waals surface area contributed by atoms with Crippen molar-refractivity contribution in [3.8, 4) is 11.4 Å². The summed E-state index contributed by atoms with van der Waals surface area (Å²) >= 11 is 0. The van der Waals surface area contributed by atoms with Gasteiger partial charge in [0.15, 0.2) is 0 Å². The molecule has 2 saturated heterocycles. The van der Waals surface area contributed by atoms with E-state index in [0.717, 1.165) is 5.69 Å². The summed E-state index contributed by atoms with van der Waals surface area (Å²) in [5.74, 6) is -0.299. The number of rotatable bonds is 7. The van der Waals surface area contributed by atoms with Crippen LogP contribution < -0.4 is 10.2 Å². The first-order valence-corrected chi connectivity index (χ1v) is 13.9. The summed E-state index contributed by atoms with van der Waals surface area (Å²) < 4.78 is 70.8. The summed E-state index contributed by atoms with van der Waals surface area (Å²) in [4.78, 5) is 25.3. The topological polar surface area (TPSA) is 125 Å². The molecule has 16 heteroatoms. The van der Waals surface area contributed by atoms with E-state index in [1.165, 1.54) is 17.3 Å². The molecule has 2 aliphatic heterocycles. The van der Waals surface area contributed by atoms with Gasteiger partial charge in [0.05, 0.1) is 41.1 Å². The number of fused-ring (bicyclic) bond motifs is 1. The number of pyridine rings is 2. The first-order valence-electron chi connectivity index (χ1n) is 13.9. The molecule has 0 aromatic carbocycles. The van der Waals surface area contributed by atoms with Gasteiger partial charge >= 0.3 is 6.18 Å². The second-order valence-electron chi connectivity index (χ2n) is 12.2. The van der Waals surface area contributed by atoms with E-state index >= 15 is 0 Å². The Bertz CT molecular complexity index is 1730. The molecule has 44 heavy (non-hydrogen) atoms. The van der Waals surface area contributed by atoms with Crippen molar-refractivity contribution in [2.24, 2.45) is 5.41 Å². The van der Waals surface area contributed by atoms with Crippen LogP contribution in [0.25, 0.3) is 16.9 Å². The van der Waals surface area contributed by atoms with E-state index in [1.54, 1.807) is 23.7 Å². The first kappa shape index (κ1) is 28.6. The lowest BCUT2D eigenvalue weighted by atomic mass is 9.55. The fourth-order valence-corrected chi connectivity index (χ4v) is 6.51. The fourth-order valence-electron chi connectivity index (χ4n) is 6.51. The number of nitrogens with one attached hydrogen (secondary N) is 1. The van der Waals surface area contributed by atoms with E-state index in [2.05, 4.69) is 25.5 Å². The first-order chi connectivity index (χ1) is 20.8. The van der Waals surface area contributed by atoms with Gasteiger partial charge in [0, 0.05) is 55.2 Å². The summed E-state index contributed by atoms with van der Waals surface area (Å²) in [6.07, 6.45) is -2.22. The predicted molar refractivity (Wildman–Crippen MR) is 145 cm³/mol. The van der Waals surface area contributed by atoms with E-state index in [4.69, 9.17) is 4.52 Å². The summed E-state index contributed by atoms with van der Waals surface area (Å²) in [6.45, 7) is 2.13. The number of likely N-dealkylation sites (tertiary alicyclic amines) is 1. The molecule has 1 aliphatic carbocycles. The maximum Gasteiger partial charge on any atom is 0.401 e. The van der Waals surface area contributed by atoms with Gasteiger partial charge in [-0.25, -0.2) is 13.3 Å². The van der Waals surface area contributed by atoms with E-state index in [-0.39, 0.29) is 49.0 Å². The fraction of sp³-hybridized carbons (Fsp3) is 0.464. The number of nitrogens with zero attached hydrogens (tertiary/aromatic N) is 7. The van der Waals surface area contributed by atoms with Gasteiger partial charge in [-0.05, 0) is 38.0 Å². The number of hydrogen-bond donors (Lipinski definition) is 2. The number of carbonyl (C=O) groups excluding carboxylic acids is 1. The molecule has 0 radical (unpaired) electrons. The molecule has 6 heterocycles. The normalized spacial score (nSPS) is 19.7. The molecule has 0 unspecified atom stereocenters. The van der Waals surface area contributed by atoms with Crippen molar-refractivity contribution in [3.05, 3.63) is 53.9 Å². The van der Waals surface area contributed by atoms with Crippen molar-refractivity contribution in [3.63, 3.8) is 0 Å². The van der Waals surface area contributed by atoms with Gasteiger partial charge in [0.1, 0.15) is 5.60 Å². The SMILES string of the molecule is Cc1ncc(-c2noc(C3CN(CC(F)(F)F)C3)n2)cc1NC(=O)c1cnn2ccc(N3CC4(C3)CC(O)(C(F)F)C4)cc12. The number of alkyl halides is 5. The van der Waals surface area contributed by atoms with Gasteiger partial charge in [-0.15, -0.1) is 0 Å². The summed E-state index contributed by atoms with van der Waals surface area (Å²) in [7, 11) is 0. The third-order valence-electron chi connectivity index (χ3n) is 8.68. The molecular formula is C28H27F5N8O3. The molecule has 0 atom stereocenters. The standard InChI is InChI=1S/C28H27F5N8O3/c1-15-20(4-16(6-34-15)22-37-24(44-38-22)17-8-39(9-17)14-28(31,32)33)36-23(42)19-7-35-41-3-2-18(5-21(19)41)40-12-26(13-40)10-27(43,11-26)25(29)30/h2-7,17,25,43H,8-14H2,1H3,(H,36,42). The number of halogens is 5. The Hall–Kier alpha value is -4.18. The molecule has 1 spiro atoms. The van der Waals surface area contributed by atoms with Gasteiger partial charge < -0.3 is 19.8 Å². The zero-order chi connectivity index (χ0) is 31.0. The second-order valence-corrected chi connectivity index (χ2v) is 12.2. The van der Waals surface area contributed by atoms with Crippen LogP contribution in [0, 0.1) is 12.3 Å². The minimum Gasteiger partial charge on any atom is -0.384 e. The molecule has 0 bridgehead atoms. The Labute approximate surface area is 246 Å². The molecule has 232 valence electrons. The lowest BCUT2D eigenvalue weighted by Crippen LogP contribution is -2.70. The Morgan fingerprint density at radius 1 is 1.20 bits per heavy atom. The minimum atomic E-state index is -4.27. The highest BCUT2D eigenvalue weighted by atomic mass is 19.4. The molecule has 2 N–H and O–H groups in total. The Kier molecular flexibility index (Phi) is 6.44. The molecule has 1 amide bonds. The van der Waals surface area contributed by atoms with Crippen molar-refractivity contribution in [1.29, 1.82) is 0 Å². The largest absolute Gasteiger partial charge is 0.401 e. The quantitative estimate of drug-likeness (QED) is 0.297. The summed E-state index contributed by atoms with van der Waals surface area (Å²) in [5.41, 5.74) is 0.817. The summed E-state index contributed by atoms with van der Waals surface area (Å²) in [6, 6.07) is 5.29. The third-order valence-corrected chi connectivity index (χ3v) is 8.68. The van der Waals surface area contributed by atoms with Gasteiger partial charge in [0.2, 0.25) is 11.7 Å². The zero-order valence-corrected chi connectivity index (χ0v) is 23.4. The maximum absolute atomic E-state index is 13.4. The van der Waals surface area contributed by atoms with Crippen LogP contribution in [0.3, 0.4) is 0 Å². The maximum atomic E-state index is 13.4. The molecule has 4 aromatic rings.